The first kappa shape index (κ1) is 8.05. The number of nitrogens with zero attached hydrogens (tertiary/aromatic N) is 1. The summed E-state index contributed by atoms with van der Waals surface area (Å²) in [5, 5.41) is 1.15. The predicted octanol–water partition coefficient (Wildman–Crippen LogP) is 2.43. The van der Waals surface area contributed by atoms with Crippen LogP contribution in [0.3, 0.4) is 0 Å². The van der Waals surface area contributed by atoms with Gasteiger partial charge >= 0.3 is 0 Å². The number of hydrogen-bond acceptors (Lipinski definition) is 2. The van der Waals surface area contributed by atoms with E-state index in [4.69, 9.17) is 5.73 Å². The van der Waals surface area contributed by atoms with Crippen LogP contribution in [0, 0.1) is 13.8 Å². The molecule has 1 heterocycles. The van der Waals surface area contributed by atoms with Crippen molar-refractivity contribution in [1.82, 2.24) is 4.98 Å². The molecule has 2 aromatic rings. The van der Waals surface area contributed by atoms with Crippen molar-refractivity contribution in [3.05, 3.63) is 35.5 Å². The van der Waals surface area contributed by atoms with Crippen molar-refractivity contribution in [1.29, 1.82) is 0 Å². The van der Waals surface area contributed by atoms with Crippen LogP contribution in [-0.4, -0.2) is 4.98 Å². The molecule has 0 aliphatic rings. The third-order valence-corrected chi connectivity index (χ3v) is 2.24. The average Bonchev–Trinajstić information content (AvgIpc) is 2.07. The number of nitrogens with two attached hydrogens (primary N) is 1. The largest absolute Gasteiger partial charge is 0.397 e. The van der Waals surface area contributed by atoms with Gasteiger partial charge in [-0.1, -0.05) is 0 Å². The fourth-order valence-corrected chi connectivity index (χ4v) is 1.56. The molecule has 2 nitrogen and oxygen atoms in total. The van der Waals surface area contributed by atoms with Crippen molar-refractivity contribution in [2.75, 3.05) is 5.73 Å². The Morgan fingerprint density at radius 1 is 1.23 bits per heavy atom. The van der Waals surface area contributed by atoms with Gasteiger partial charge in [0.25, 0.3) is 0 Å². The van der Waals surface area contributed by atoms with E-state index in [0.717, 1.165) is 16.6 Å². The highest BCUT2D eigenvalue weighted by molar-refractivity contribution is 5.91. The van der Waals surface area contributed by atoms with Crippen molar-refractivity contribution < 1.29 is 0 Å². The Balaban J connectivity index is 2.94. The fraction of sp³-hybridized carbons (Fsp3) is 0.182. The molecule has 2 N–H and O–H groups in total. The molecule has 0 saturated carbocycles. The summed E-state index contributed by atoms with van der Waals surface area (Å²) in [4.78, 5) is 4.26. The molecule has 0 fully saturated rings. The lowest BCUT2D eigenvalue weighted by Gasteiger charge is -2.05. The first-order chi connectivity index (χ1) is 6.18. The SMILES string of the molecule is Cc1cc(N)c2nccc(C)c2c1. The van der Waals surface area contributed by atoms with E-state index in [1.165, 1.54) is 11.1 Å². The molecule has 2 heteroatoms. The molecule has 13 heavy (non-hydrogen) atoms. The van der Waals surface area contributed by atoms with Gasteiger partial charge < -0.3 is 5.73 Å². The number of rotatable bonds is 0. The Hall–Kier alpha value is -1.57. The van der Waals surface area contributed by atoms with E-state index < -0.39 is 0 Å². The van der Waals surface area contributed by atoms with Gasteiger partial charge in [0, 0.05) is 11.6 Å². The van der Waals surface area contributed by atoms with Crippen LogP contribution in [0.4, 0.5) is 5.69 Å². The fourth-order valence-electron chi connectivity index (χ4n) is 1.56. The Labute approximate surface area is 77.4 Å². The molecule has 0 saturated heterocycles. The highest BCUT2D eigenvalue weighted by Crippen LogP contribution is 2.23. The van der Waals surface area contributed by atoms with Crippen molar-refractivity contribution in [3.8, 4) is 0 Å². The molecule has 0 aliphatic carbocycles. The van der Waals surface area contributed by atoms with Gasteiger partial charge in [-0.2, -0.15) is 0 Å². The second-order valence-electron chi connectivity index (χ2n) is 3.38. The van der Waals surface area contributed by atoms with E-state index in [2.05, 4.69) is 18.0 Å². The average molecular weight is 172 g/mol. The van der Waals surface area contributed by atoms with E-state index in [-0.39, 0.29) is 0 Å². The first-order valence-corrected chi connectivity index (χ1v) is 4.30. The summed E-state index contributed by atoms with van der Waals surface area (Å²) in [5.74, 6) is 0. The molecule has 1 aromatic heterocycles. The van der Waals surface area contributed by atoms with Crippen LogP contribution >= 0.6 is 0 Å². The van der Waals surface area contributed by atoms with Gasteiger partial charge in [-0.3, -0.25) is 4.98 Å². The lowest BCUT2D eigenvalue weighted by atomic mass is 10.1. The Morgan fingerprint density at radius 2 is 2.00 bits per heavy atom. The van der Waals surface area contributed by atoms with E-state index in [1.54, 1.807) is 6.20 Å². The number of aromatic nitrogens is 1. The van der Waals surface area contributed by atoms with Crippen molar-refractivity contribution >= 4 is 16.6 Å². The van der Waals surface area contributed by atoms with Crippen LogP contribution in [0.15, 0.2) is 24.4 Å². The van der Waals surface area contributed by atoms with Gasteiger partial charge in [0.2, 0.25) is 0 Å². The maximum absolute atomic E-state index is 5.86. The minimum absolute atomic E-state index is 0.763. The number of hydrogen-bond donors (Lipinski definition) is 1. The van der Waals surface area contributed by atoms with Gasteiger partial charge in [0.05, 0.1) is 11.2 Å². The lowest BCUT2D eigenvalue weighted by Crippen LogP contribution is -1.92. The van der Waals surface area contributed by atoms with Gasteiger partial charge in [-0.05, 0) is 43.2 Å². The molecule has 0 bridgehead atoms. The highest BCUT2D eigenvalue weighted by atomic mass is 14.7. The second-order valence-corrected chi connectivity index (χ2v) is 3.38. The molecule has 0 aliphatic heterocycles. The number of nitrogen functional groups attached to an aromatic ring is 1. The van der Waals surface area contributed by atoms with Crippen molar-refractivity contribution in [3.63, 3.8) is 0 Å². The summed E-state index contributed by atoms with van der Waals surface area (Å²) in [7, 11) is 0. The maximum atomic E-state index is 5.86. The minimum atomic E-state index is 0.763. The van der Waals surface area contributed by atoms with Crippen LogP contribution in [0.5, 0.6) is 0 Å². The van der Waals surface area contributed by atoms with Crippen LogP contribution in [0.1, 0.15) is 11.1 Å². The molecule has 2 rings (SSSR count). The lowest BCUT2D eigenvalue weighted by molar-refractivity contribution is 1.36. The Kier molecular flexibility index (Phi) is 1.69. The van der Waals surface area contributed by atoms with E-state index in [1.807, 2.05) is 19.1 Å². The quantitative estimate of drug-likeness (QED) is 0.620. The summed E-state index contributed by atoms with van der Waals surface area (Å²) in [6, 6.07) is 6.07. The minimum Gasteiger partial charge on any atom is -0.397 e. The third-order valence-electron chi connectivity index (χ3n) is 2.24. The molecule has 0 spiro atoms. The summed E-state index contributed by atoms with van der Waals surface area (Å²) in [6.07, 6.45) is 1.80. The number of benzene rings is 1. The standard InChI is InChI=1S/C11H12N2/c1-7-5-9-8(2)3-4-13-11(9)10(12)6-7/h3-6H,12H2,1-2H3. The Morgan fingerprint density at radius 3 is 2.77 bits per heavy atom. The molecule has 0 unspecified atom stereocenters. The van der Waals surface area contributed by atoms with Gasteiger partial charge in [-0.25, -0.2) is 0 Å². The molecule has 0 radical (unpaired) electrons. The number of anilines is 1. The topological polar surface area (TPSA) is 38.9 Å². The molecule has 66 valence electrons. The predicted molar refractivity (Wildman–Crippen MR) is 55.6 cm³/mol. The summed E-state index contributed by atoms with van der Waals surface area (Å²) in [5.41, 5.74) is 9.94. The zero-order valence-electron chi connectivity index (χ0n) is 7.83. The van der Waals surface area contributed by atoms with Crippen LogP contribution < -0.4 is 5.73 Å². The number of pyridine rings is 1. The monoisotopic (exact) mass is 172 g/mol. The molecular weight excluding hydrogens is 160 g/mol. The summed E-state index contributed by atoms with van der Waals surface area (Å²) < 4.78 is 0. The third kappa shape index (κ3) is 1.24. The smallest absolute Gasteiger partial charge is 0.0933 e. The van der Waals surface area contributed by atoms with Gasteiger partial charge in [0.15, 0.2) is 0 Å². The second kappa shape index (κ2) is 2.73. The number of fused-ring (bicyclic) bond motifs is 1. The van der Waals surface area contributed by atoms with Crippen LogP contribution in [-0.2, 0) is 0 Å². The molecular formula is C11H12N2. The molecule has 0 atom stereocenters. The first-order valence-electron chi connectivity index (χ1n) is 4.30. The zero-order valence-corrected chi connectivity index (χ0v) is 7.83. The van der Waals surface area contributed by atoms with Crippen molar-refractivity contribution in [2.24, 2.45) is 0 Å². The van der Waals surface area contributed by atoms with E-state index >= 15 is 0 Å². The summed E-state index contributed by atoms with van der Waals surface area (Å²) in [6.45, 7) is 4.12. The van der Waals surface area contributed by atoms with Gasteiger partial charge in [0.1, 0.15) is 0 Å². The van der Waals surface area contributed by atoms with E-state index in [9.17, 15) is 0 Å². The van der Waals surface area contributed by atoms with Gasteiger partial charge in [-0.15, -0.1) is 0 Å². The Bertz CT molecular complexity index is 461. The normalized spacial score (nSPS) is 10.6. The summed E-state index contributed by atoms with van der Waals surface area (Å²) >= 11 is 0. The zero-order chi connectivity index (χ0) is 9.42. The number of aryl methyl sites for hydroxylation is 2. The molecule has 1 aromatic carbocycles. The highest BCUT2D eigenvalue weighted by Gasteiger charge is 2.01. The van der Waals surface area contributed by atoms with Crippen LogP contribution in [0.2, 0.25) is 0 Å². The van der Waals surface area contributed by atoms with Crippen molar-refractivity contribution in [2.45, 2.75) is 13.8 Å². The molecule has 0 amide bonds. The van der Waals surface area contributed by atoms with E-state index in [0.29, 0.717) is 0 Å². The maximum Gasteiger partial charge on any atom is 0.0933 e. The van der Waals surface area contributed by atoms with Crippen LogP contribution in [0.25, 0.3) is 10.9 Å².